The molecule has 0 radical (unpaired) electrons. The van der Waals surface area contributed by atoms with Crippen LogP contribution in [0.2, 0.25) is 0 Å². The molecule has 7 nitrogen and oxygen atoms in total. The maximum absolute atomic E-state index is 14.7. The van der Waals surface area contributed by atoms with E-state index in [0.29, 0.717) is 5.56 Å². The summed E-state index contributed by atoms with van der Waals surface area (Å²) >= 11 is 0. The van der Waals surface area contributed by atoms with Gasteiger partial charge in [0.2, 0.25) is 0 Å². The predicted octanol–water partition coefficient (Wildman–Crippen LogP) is 2.35. The van der Waals surface area contributed by atoms with Gasteiger partial charge in [0, 0.05) is 55.6 Å². The molecular formula is C23H28FN3O4S. The number of anilines is 1. The van der Waals surface area contributed by atoms with E-state index in [9.17, 15) is 22.7 Å². The second-order valence-corrected chi connectivity index (χ2v) is 10.8. The van der Waals surface area contributed by atoms with Gasteiger partial charge in [-0.1, -0.05) is 30.3 Å². The summed E-state index contributed by atoms with van der Waals surface area (Å²) in [6, 6.07) is 9.30. The van der Waals surface area contributed by atoms with Crippen LogP contribution in [-0.2, 0) is 20.4 Å². The van der Waals surface area contributed by atoms with Gasteiger partial charge in [0.15, 0.2) is 9.84 Å². The molecule has 3 N–H and O–H groups in total. The lowest BCUT2D eigenvalue weighted by Gasteiger charge is -2.34. The maximum atomic E-state index is 14.7. The minimum atomic E-state index is -3.39. The maximum Gasteiger partial charge on any atom is 0.327 e. The smallest absolute Gasteiger partial charge is 0.327 e. The van der Waals surface area contributed by atoms with E-state index in [1.54, 1.807) is 6.07 Å². The standard InChI is InChI=1S/C23H28FN3O4S/c1-14(27-10-8-25-9-11-27)17-4-3-5-18-20(22(23(28)29)26-21(17)18)15-6-7-16(19(24)12-15)13-32(2,30)31/h3-7,12,14,20,22,25-26H,8-11,13H2,1-2H3,(H,28,29). The summed E-state index contributed by atoms with van der Waals surface area (Å²) in [6.07, 6.45) is 1.05. The lowest BCUT2D eigenvalue weighted by molar-refractivity contribution is -0.138. The first-order valence-corrected chi connectivity index (χ1v) is 12.7. The number of hydrogen-bond donors (Lipinski definition) is 3. The van der Waals surface area contributed by atoms with Gasteiger partial charge in [-0.2, -0.15) is 0 Å². The van der Waals surface area contributed by atoms with E-state index in [-0.39, 0.29) is 11.6 Å². The Morgan fingerprint density at radius 3 is 2.59 bits per heavy atom. The van der Waals surface area contributed by atoms with Gasteiger partial charge in [0.05, 0.1) is 5.75 Å². The fraction of sp³-hybridized carbons (Fsp3) is 0.435. The largest absolute Gasteiger partial charge is 0.480 e. The molecule has 2 heterocycles. The molecule has 1 saturated heterocycles. The molecule has 4 rings (SSSR count). The van der Waals surface area contributed by atoms with Crippen LogP contribution in [-0.4, -0.2) is 62.9 Å². The molecule has 2 aliphatic rings. The quantitative estimate of drug-likeness (QED) is 0.607. The molecule has 172 valence electrons. The topological polar surface area (TPSA) is 98.7 Å². The van der Waals surface area contributed by atoms with Crippen LogP contribution in [0.15, 0.2) is 36.4 Å². The Morgan fingerprint density at radius 1 is 1.25 bits per heavy atom. The van der Waals surface area contributed by atoms with Gasteiger partial charge >= 0.3 is 5.97 Å². The van der Waals surface area contributed by atoms with Crippen molar-refractivity contribution < 1.29 is 22.7 Å². The van der Waals surface area contributed by atoms with E-state index >= 15 is 0 Å². The van der Waals surface area contributed by atoms with Crippen molar-refractivity contribution in [2.24, 2.45) is 0 Å². The SMILES string of the molecule is CC(c1cccc2c1NC(C(=O)O)C2c1ccc(CS(C)(=O)=O)c(F)c1)N1CCNCC1. The van der Waals surface area contributed by atoms with Crippen molar-refractivity contribution in [2.45, 2.75) is 30.7 Å². The molecule has 9 heteroatoms. The minimum absolute atomic E-state index is 0.0791. The average molecular weight is 462 g/mol. The van der Waals surface area contributed by atoms with Crippen molar-refractivity contribution in [3.05, 3.63) is 64.5 Å². The zero-order valence-electron chi connectivity index (χ0n) is 18.1. The number of para-hydroxylation sites is 1. The number of rotatable bonds is 6. The molecule has 0 spiro atoms. The lowest BCUT2D eigenvalue weighted by atomic mass is 9.86. The minimum Gasteiger partial charge on any atom is -0.480 e. The number of carboxylic acids is 1. The molecule has 0 saturated carbocycles. The number of halogens is 1. The molecule has 0 amide bonds. The number of piperazine rings is 1. The van der Waals surface area contributed by atoms with Crippen molar-refractivity contribution in [1.29, 1.82) is 0 Å². The van der Waals surface area contributed by atoms with Gasteiger partial charge < -0.3 is 15.7 Å². The normalized spacial score (nSPS) is 22.2. The molecule has 1 fully saturated rings. The Kier molecular flexibility index (Phi) is 6.24. The average Bonchev–Trinajstić information content (AvgIpc) is 3.14. The Hall–Kier alpha value is -2.49. The summed E-state index contributed by atoms with van der Waals surface area (Å²) in [5, 5.41) is 16.4. The van der Waals surface area contributed by atoms with Gasteiger partial charge in [-0.05, 0) is 29.7 Å². The van der Waals surface area contributed by atoms with E-state index in [1.807, 2.05) is 18.2 Å². The summed E-state index contributed by atoms with van der Waals surface area (Å²) < 4.78 is 37.9. The third kappa shape index (κ3) is 4.51. The second-order valence-electron chi connectivity index (χ2n) is 8.63. The van der Waals surface area contributed by atoms with Crippen LogP contribution in [0.3, 0.4) is 0 Å². The number of benzene rings is 2. The molecule has 3 unspecified atom stereocenters. The first-order valence-electron chi connectivity index (χ1n) is 10.7. The van der Waals surface area contributed by atoms with Gasteiger partial charge in [0.25, 0.3) is 0 Å². The Bertz CT molecular complexity index is 1130. The van der Waals surface area contributed by atoms with Gasteiger partial charge in [-0.25, -0.2) is 17.6 Å². The Labute approximate surface area is 187 Å². The first-order chi connectivity index (χ1) is 15.2. The highest BCUT2D eigenvalue weighted by Gasteiger charge is 2.40. The number of carbonyl (C=O) groups is 1. The second kappa shape index (κ2) is 8.80. The first kappa shape index (κ1) is 22.7. The van der Waals surface area contributed by atoms with Crippen molar-refractivity contribution in [3.63, 3.8) is 0 Å². The molecule has 2 aromatic rings. The molecule has 0 aliphatic carbocycles. The van der Waals surface area contributed by atoms with Crippen LogP contribution < -0.4 is 10.6 Å². The van der Waals surface area contributed by atoms with Crippen molar-refractivity contribution in [2.75, 3.05) is 37.8 Å². The van der Waals surface area contributed by atoms with Crippen molar-refractivity contribution in [3.8, 4) is 0 Å². The van der Waals surface area contributed by atoms with Crippen molar-refractivity contribution in [1.82, 2.24) is 10.2 Å². The highest BCUT2D eigenvalue weighted by molar-refractivity contribution is 7.89. The summed E-state index contributed by atoms with van der Waals surface area (Å²) in [5.74, 6) is -2.64. The van der Waals surface area contributed by atoms with Crippen LogP contribution in [0.1, 0.15) is 41.1 Å². The zero-order chi connectivity index (χ0) is 23.0. The third-order valence-electron chi connectivity index (χ3n) is 6.37. The third-order valence-corrected chi connectivity index (χ3v) is 7.20. The lowest BCUT2D eigenvalue weighted by Crippen LogP contribution is -2.44. The molecule has 32 heavy (non-hydrogen) atoms. The molecule has 2 aliphatic heterocycles. The van der Waals surface area contributed by atoms with Gasteiger partial charge in [-0.15, -0.1) is 0 Å². The Balaban J connectivity index is 1.73. The fourth-order valence-electron chi connectivity index (χ4n) is 4.78. The summed E-state index contributed by atoms with van der Waals surface area (Å²) in [7, 11) is -3.39. The fourth-order valence-corrected chi connectivity index (χ4v) is 5.58. The highest BCUT2D eigenvalue weighted by atomic mass is 32.2. The van der Waals surface area contributed by atoms with Crippen molar-refractivity contribution >= 4 is 21.5 Å². The number of carboxylic acid groups (broad SMARTS) is 1. The number of fused-ring (bicyclic) bond motifs is 1. The molecule has 0 bridgehead atoms. The molecular weight excluding hydrogens is 433 g/mol. The van der Waals surface area contributed by atoms with Gasteiger partial charge in [0.1, 0.15) is 11.9 Å². The number of nitrogens with zero attached hydrogens (tertiary/aromatic N) is 1. The van der Waals surface area contributed by atoms with Gasteiger partial charge in [-0.3, -0.25) is 4.90 Å². The van der Waals surface area contributed by atoms with E-state index in [2.05, 4.69) is 22.5 Å². The van der Waals surface area contributed by atoms with Crippen LogP contribution >= 0.6 is 0 Å². The number of sulfone groups is 1. The molecule has 3 atom stereocenters. The highest BCUT2D eigenvalue weighted by Crippen LogP contribution is 2.45. The van der Waals surface area contributed by atoms with Crippen LogP contribution in [0.5, 0.6) is 0 Å². The number of aliphatic carboxylic acids is 1. The van der Waals surface area contributed by atoms with E-state index in [0.717, 1.165) is 49.2 Å². The van der Waals surface area contributed by atoms with Crippen LogP contribution in [0.4, 0.5) is 10.1 Å². The van der Waals surface area contributed by atoms with Crippen LogP contribution in [0.25, 0.3) is 0 Å². The van der Waals surface area contributed by atoms with E-state index in [4.69, 9.17) is 0 Å². The van der Waals surface area contributed by atoms with Crippen LogP contribution in [0, 0.1) is 5.82 Å². The summed E-state index contributed by atoms with van der Waals surface area (Å²) in [5.41, 5.74) is 3.21. The molecule has 2 aromatic carbocycles. The molecule has 0 aromatic heterocycles. The zero-order valence-corrected chi connectivity index (χ0v) is 19.0. The van der Waals surface area contributed by atoms with E-state index in [1.165, 1.54) is 12.1 Å². The number of nitrogens with one attached hydrogen (secondary N) is 2. The van der Waals surface area contributed by atoms with E-state index < -0.39 is 39.3 Å². The number of hydrogen-bond acceptors (Lipinski definition) is 6. The Morgan fingerprint density at radius 2 is 1.97 bits per heavy atom. The monoisotopic (exact) mass is 461 g/mol. The predicted molar refractivity (Wildman–Crippen MR) is 121 cm³/mol. The summed E-state index contributed by atoms with van der Waals surface area (Å²) in [4.78, 5) is 14.5. The summed E-state index contributed by atoms with van der Waals surface area (Å²) in [6.45, 7) is 5.75.